The van der Waals surface area contributed by atoms with Gasteiger partial charge in [0.15, 0.2) is 0 Å². The van der Waals surface area contributed by atoms with Crippen LogP contribution in [0.2, 0.25) is 5.02 Å². The summed E-state index contributed by atoms with van der Waals surface area (Å²) in [5, 5.41) is 3.33. The van der Waals surface area contributed by atoms with E-state index in [1.165, 1.54) is 17.0 Å². The van der Waals surface area contributed by atoms with Crippen molar-refractivity contribution in [2.24, 2.45) is 0 Å². The highest BCUT2D eigenvalue weighted by atomic mass is 35.5. The average Bonchev–Trinajstić information content (AvgIpc) is 2.89. The number of halogens is 1. The van der Waals surface area contributed by atoms with Crippen LogP contribution in [0.1, 0.15) is 37.0 Å². The summed E-state index contributed by atoms with van der Waals surface area (Å²) in [6.45, 7) is 7.33. The van der Waals surface area contributed by atoms with Gasteiger partial charge in [0.1, 0.15) is 12.6 Å². The zero-order valence-electron chi connectivity index (χ0n) is 22.1. The average molecular weight is 556 g/mol. The standard InChI is InChI=1S/C29H34ClN3O4S/c1-5-17-31-29(35)23(4)32(19-24-10-8-11-25(30)18-24)28(34)20-33(27-12-7-6-9-22(27)3)38(36,37)26-15-13-21(2)14-16-26/h6-16,18,23H,5,17,19-20H2,1-4H3,(H,31,35)/t23-/m0/s1. The van der Waals surface area contributed by atoms with Crippen LogP contribution >= 0.6 is 11.6 Å². The third-order valence-electron chi connectivity index (χ3n) is 6.23. The number of rotatable bonds is 11. The molecule has 3 rings (SSSR count). The van der Waals surface area contributed by atoms with Crippen LogP contribution in [-0.2, 0) is 26.2 Å². The lowest BCUT2D eigenvalue weighted by Crippen LogP contribution is -2.51. The second kappa shape index (κ2) is 12.9. The molecule has 202 valence electrons. The van der Waals surface area contributed by atoms with Crippen molar-refractivity contribution in [3.8, 4) is 0 Å². The highest BCUT2D eigenvalue weighted by Crippen LogP contribution is 2.27. The predicted molar refractivity (Wildman–Crippen MR) is 152 cm³/mol. The molecule has 1 N–H and O–H groups in total. The van der Waals surface area contributed by atoms with E-state index < -0.39 is 28.5 Å². The van der Waals surface area contributed by atoms with Gasteiger partial charge < -0.3 is 10.2 Å². The van der Waals surface area contributed by atoms with E-state index in [-0.39, 0.29) is 17.3 Å². The van der Waals surface area contributed by atoms with Crippen LogP contribution in [0, 0.1) is 13.8 Å². The number of carbonyl (C=O) groups is 2. The molecule has 7 nitrogen and oxygen atoms in total. The molecule has 3 aromatic rings. The van der Waals surface area contributed by atoms with Gasteiger partial charge >= 0.3 is 0 Å². The number of hydrogen-bond donors (Lipinski definition) is 1. The quantitative estimate of drug-likeness (QED) is 0.357. The number of anilines is 1. The van der Waals surface area contributed by atoms with Crippen LogP contribution in [0.5, 0.6) is 0 Å². The molecule has 3 aromatic carbocycles. The summed E-state index contributed by atoms with van der Waals surface area (Å²) in [6.07, 6.45) is 0.747. The molecule has 0 fully saturated rings. The molecule has 0 saturated heterocycles. The summed E-state index contributed by atoms with van der Waals surface area (Å²) in [4.78, 5) is 28.3. The van der Waals surface area contributed by atoms with E-state index in [9.17, 15) is 18.0 Å². The van der Waals surface area contributed by atoms with E-state index in [0.29, 0.717) is 22.8 Å². The number of hydrogen-bond acceptors (Lipinski definition) is 4. The summed E-state index contributed by atoms with van der Waals surface area (Å²) in [5.41, 5.74) is 2.74. The predicted octanol–water partition coefficient (Wildman–Crippen LogP) is 5.10. The normalized spacial score (nSPS) is 12.0. The van der Waals surface area contributed by atoms with Crippen molar-refractivity contribution in [3.63, 3.8) is 0 Å². The van der Waals surface area contributed by atoms with Crippen molar-refractivity contribution in [3.05, 3.63) is 94.5 Å². The molecule has 0 heterocycles. The minimum atomic E-state index is -4.10. The molecule has 0 aliphatic heterocycles. The third-order valence-corrected chi connectivity index (χ3v) is 8.24. The van der Waals surface area contributed by atoms with E-state index in [1.807, 2.05) is 26.0 Å². The Labute approximate surface area is 230 Å². The summed E-state index contributed by atoms with van der Waals surface area (Å²) in [6, 6.07) is 19.7. The van der Waals surface area contributed by atoms with Gasteiger partial charge in [0.25, 0.3) is 10.0 Å². The van der Waals surface area contributed by atoms with Gasteiger partial charge in [-0.3, -0.25) is 13.9 Å². The molecular formula is C29H34ClN3O4S. The number of sulfonamides is 1. The van der Waals surface area contributed by atoms with Crippen molar-refractivity contribution in [2.75, 3.05) is 17.4 Å². The fraction of sp³-hybridized carbons (Fsp3) is 0.310. The number of amides is 2. The van der Waals surface area contributed by atoms with Gasteiger partial charge in [-0.15, -0.1) is 0 Å². The summed E-state index contributed by atoms with van der Waals surface area (Å²) in [5.74, 6) is -0.825. The first-order valence-electron chi connectivity index (χ1n) is 12.5. The molecule has 1 atom stereocenters. The molecule has 0 saturated carbocycles. The highest BCUT2D eigenvalue weighted by molar-refractivity contribution is 7.92. The number of aryl methyl sites for hydroxylation is 2. The van der Waals surface area contributed by atoms with Crippen molar-refractivity contribution in [1.82, 2.24) is 10.2 Å². The SMILES string of the molecule is CCCNC(=O)[C@H](C)N(Cc1cccc(Cl)c1)C(=O)CN(c1ccccc1C)S(=O)(=O)c1ccc(C)cc1. The summed E-state index contributed by atoms with van der Waals surface area (Å²) in [7, 11) is -4.10. The fourth-order valence-corrected chi connectivity index (χ4v) is 5.70. The van der Waals surface area contributed by atoms with Crippen molar-refractivity contribution < 1.29 is 18.0 Å². The molecule has 0 unspecified atom stereocenters. The lowest BCUT2D eigenvalue weighted by Gasteiger charge is -2.32. The van der Waals surface area contributed by atoms with Gasteiger partial charge in [0, 0.05) is 18.1 Å². The van der Waals surface area contributed by atoms with E-state index in [1.54, 1.807) is 62.4 Å². The van der Waals surface area contributed by atoms with Crippen LogP contribution in [0.4, 0.5) is 5.69 Å². The molecule has 0 radical (unpaired) electrons. The Balaban J connectivity index is 2.03. The zero-order chi connectivity index (χ0) is 27.9. The summed E-state index contributed by atoms with van der Waals surface area (Å²) < 4.78 is 28.8. The Morgan fingerprint density at radius 2 is 1.66 bits per heavy atom. The van der Waals surface area contributed by atoms with E-state index >= 15 is 0 Å². The number of nitrogens with zero attached hydrogens (tertiary/aromatic N) is 2. The molecule has 0 bridgehead atoms. The van der Waals surface area contributed by atoms with Crippen LogP contribution in [0.15, 0.2) is 77.7 Å². The van der Waals surface area contributed by atoms with Crippen molar-refractivity contribution in [2.45, 2.75) is 51.6 Å². The molecule has 0 aliphatic carbocycles. The Kier molecular flexibility index (Phi) is 9.94. The van der Waals surface area contributed by atoms with Gasteiger partial charge in [-0.1, -0.05) is 66.6 Å². The lowest BCUT2D eigenvalue weighted by molar-refractivity contribution is -0.139. The third kappa shape index (κ3) is 7.14. The van der Waals surface area contributed by atoms with Crippen LogP contribution in [0.25, 0.3) is 0 Å². The van der Waals surface area contributed by atoms with Crippen molar-refractivity contribution >= 4 is 39.1 Å². The maximum Gasteiger partial charge on any atom is 0.264 e. The Bertz CT molecular complexity index is 1380. The molecule has 9 heteroatoms. The topological polar surface area (TPSA) is 86.8 Å². The lowest BCUT2D eigenvalue weighted by atomic mass is 10.1. The van der Waals surface area contributed by atoms with Gasteiger partial charge in [-0.2, -0.15) is 0 Å². The Morgan fingerprint density at radius 3 is 2.29 bits per heavy atom. The van der Waals surface area contributed by atoms with Gasteiger partial charge in [-0.05, 0) is 68.7 Å². The molecule has 0 aromatic heterocycles. The number of carbonyl (C=O) groups excluding carboxylic acids is 2. The van der Waals surface area contributed by atoms with Gasteiger partial charge in [-0.25, -0.2) is 8.42 Å². The van der Waals surface area contributed by atoms with Crippen LogP contribution < -0.4 is 9.62 Å². The van der Waals surface area contributed by atoms with E-state index in [0.717, 1.165) is 21.9 Å². The number of benzene rings is 3. The smallest absolute Gasteiger partial charge is 0.264 e. The molecule has 2 amide bonds. The number of para-hydroxylation sites is 1. The first-order chi connectivity index (χ1) is 18.0. The zero-order valence-corrected chi connectivity index (χ0v) is 23.7. The molecular weight excluding hydrogens is 522 g/mol. The van der Waals surface area contributed by atoms with Crippen molar-refractivity contribution in [1.29, 1.82) is 0 Å². The van der Waals surface area contributed by atoms with Crippen LogP contribution in [0.3, 0.4) is 0 Å². The summed E-state index contributed by atoms with van der Waals surface area (Å²) >= 11 is 6.17. The molecule has 0 aliphatic rings. The van der Waals surface area contributed by atoms with Gasteiger partial charge in [0.2, 0.25) is 11.8 Å². The van der Waals surface area contributed by atoms with E-state index in [4.69, 9.17) is 11.6 Å². The second-order valence-electron chi connectivity index (χ2n) is 9.23. The number of nitrogens with one attached hydrogen (secondary N) is 1. The van der Waals surface area contributed by atoms with Gasteiger partial charge in [0.05, 0.1) is 10.6 Å². The molecule has 0 spiro atoms. The largest absolute Gasteiger partial charge is 0.354 e. The van der Waals surface area contributed by atoms with E-state index in [2.05, 4.69) is 5.32 Å². The highest BCUT2D eigenvalue weighted by Gasteiger charge is 2.33. The monoisotopic (exact) mass is 555 g/mol. The second-order valence-corrected chi connectivity index (χ2v) is 11.5. The van der Waals surface area contributed by atoms with Crippen LogP contribution in [-0.4, -0.2) is 44.3 Å². The first-order valence-corrected chi connectivity index (χ1v) is 14.3. The maximum atomic E-state index is 13.9. The maximum absolute atomic E-state index is 13.9. The Hall–Kier alpha value is -3.36. The minimum absolute atomic E-state index is 0.0780. The fourth-order valence-electron chi connectivity index (χ4n) is 4.00. The first kappa shape index (κ1) is 29.2. The minimum Gasteiger partial charge on any atom is -0.354 e. The Morgan fingerprint density at radius 1 is 0.974 bits per heavy atom. The molecule has 38 heavy (non-hydrogen) atoms.